The number of anilines is 3. The molecule has 1 N–H and O–H groups in total. The van der Waals surface area contributed by atoms with E-state index in [1.807, 2.05) is 0 Å². The molecule has 0 aliphatic carbocycles. The summed E-state index contributed by atoms with van der Waals surface area (Å²) < 4.78 is 0. The van der Waals surface area contributed by atoms with Crippen LogP contribution in [0.5, 0.6) is 0 Å². The Labute approximate surface area is 113 Å². The van der Waals surface area contributed by atoms with Gasteiger partial charge >= 0.3 is 5.37 Å². The van der Waals surface area contributed by atoms with Crippen LogP contribution in [0.2, 0.25) is 0 Å². The summed E-state index contributed by atoms with van der Waals surface area (Å²) in [7, 11) is 0. The number of aromatic nitrogens is 1. The molecule has 19 heavy (non-hydrogen) atoms. The smallest absolute Gasteiger partial charge is 0.320 e. The molecule has 0 spiro atoms. The second kappa shape index (κ2) is 4.37. The zero-order valence-corrected chi connectivity index (χ0v) is 10.4. The summed E-state index contributed by atoms with van der Waals surface area (Å²) in [6, 6.07) is 10.1. The quantitative estimate of drug-likeness (QED) is 0.592. The highest BCUT2D eigenvalue weighted by Crippen LogP contribution is 2.36. The maximum absolute atomic E-state index is 12.1. The molecule has 0 atom stereocenters. The van der Waals surface area contributed by atoms with Crippen molar-refractivity contribution in [2.45, 2.75) is 0 Å². The topological polar surface area (TPSA) is 62.3 Å². The number of carbonyl (C=O) groups excluding carboxylic acids is 2. The van der Waals surface area contributed by atoms with Crippen molar-refractivity contribution in [1.82, 2.24) is 4.98 Å². The largest absolute Gasteiger partial charge is 0.326 e. The molecule has 2 heterocycles. The fourth-order valence-electron chi connectivity index (χ4n) is 2.01. The zero-order valence-electron chi connectivity index (χ0n) is 9.63. The Hall–Kier alpha value is -2.40. The molecule has 94 valence electrons. The molecule has 0 radical (unpaired) electrons. The monoisotopic (exact) mass is 273 g/mol. The number of carbonyl (C=O) groups is 2. The number of fused-ring (bicyclic) bond motifs is 2. The van der Waals surface area contributed by atoms with Crippen molar-refractivity contribution in [2.75, 3.05) is 10.2 Å². The minimum absolute atomic E-state index is 0.227. The van der Waals surface area contributed by atoms with Gasteiger partial charge in [-0.05, 0) is 35.9 Å². The lowest BCUT2D eigenvalue weighted by molar-refractivity contribution is 0.102. The molecule has 0 bridgehead atoms. The number of hydrogen-bond donors (Lipinski definition) is 1. The van der Waals surface area contributed by atoms with E-state index in [1.165, 1.54) is 11.1 Å². The van der Waals surface area contributed by atoms with E-state index in [0.29, 0.717) is 16.9 Å². The predicted molar refractivity (Wildman–Crippen MR) is 72.0 cm³/mol. The maximum Gasteiger partial charge on any atom is 0.326 e. The van der Waals surface area contributed by atoms with Crippen molar-refractivity contribution in [2.24, 2.45) is 0 Å². The summed E-state index contributed by atoms with van der Waals surface area (Å²) in [6.45, 7) is 0. The average Bonchev–Trinajstić information content (AvgIpc) is 2.53. The number of amides is 2. The summed E-state index contributed by atoms with van der Waals surface area (Å²) in [5, 5.41) is 2.01. The van der Waals surface area contributed by atoms with Gasteiger partial charge in [0, 0.05) is 6.20 Å². The average molecular weight is 274 g/mol. The van der Waals surface area contributed by atoms with E-state index in [1.54, 1.807) is 36.4 Å². The lowest BCUT2D eigenvalue weighted by Crippen LogP contribution is -2.21. The first-order chi connectivity index (χ1) is 9.18. The zero-order chi connectivity index (χ0) is 13.4. The Bertz CT molecular complexity index is 687. The van der Waals surface area contributed by atoms with Crippen molar-refractivity contribution in [3.05, 3.63) is 48.2 Å². The van der Waals surface area contributed by atoms with Gasteiger partial charge < -0.3 is 5.32 Å². The third-order valence-corrected chi connectivity index (χ3v) is 2.98. The molecule has 0 fully saturated rings. The highest BCUT2D eigenvalue weighted by molar-refractivity contribution is 6.67. The van der Waals surface area contributed by atoms with Crippen LogP contribution in [0.3, 0.4) is 0 Å². The van der Waals surface area contributed by atoms with Crippen molar-refractivity contribution >= 4 is 40.1 Å². The van der Waals surface area contributed by atoms with Gasteiger partial charge in [0.2, 0.25) is 0 Å². The molecule has 0 unspecified atom stereocenters. The van der Waals surface area contributed by atoms with Gasteiger partial charge in [-0.2, -0.15) is 0 Å². The number of benzene rings is 1. The van der Waals surface area contributed by atoms with Crippen molar-refractivity contribution in [3.8, 4) is 0 Å². The van der Waals surface area contributed by atoms with Gasteiger partial charge in [-0.25, -0.2) is 9.88 Å². The third kappa shape index (κ3) is 1.84. The Balaban J connectivity index is 2.32. The summed E-state index contributed by atoms with van der Waals surface area (Å²) in [5.74, 6) is -0.0964. The van der Waals surface area contributed by atoms with Gasteiger partial charge in [-0.3, -0.25) is 9.59 Å². The number of halogens is 1. The van der Waals surface area contributed by atoms with Gasteiger partial charge in [0.05, 0.1) is 16.9 Å². The summed E-state index contributed by atoms with van der Waals surface area (Å²) >= 11 is 5.64. The van der Waals surface area contributed by atoms with Crippen LogP contribution in [-0.2, 0) is 0 Å². The van der Waals surface area contributed by atoms with Crippen LogP contribution >= 0.6 is 11.6 Å². The lowest BCUT2D eigenvalue weighted by Gasteiger charge is -2.19. The summed E-state index contributed by atoms with van der Waals surface area (Å²) in [5.41, 5.74) is 1.31. The van der Waals surface area contributed by atoms with Crippen molar-refractivity contribution in [1.29, 1.82) is 0 Å². The number of nitrogens with one attached hydrogen (secondary N) is 1. The van der Waals surface area contributed by atoms with Crippen LogP contribution in [0.25, 0.3) is 0 Å². The molecule has 1 aliphatic heterocycles. The van der Waals surface area contributed by atoms with E-state index in [2.05, 4.69) is 10.3 Å². The minimum atomic E-state index is -0.719. The van der Waals surface area contributed by atoms with E-state index in [4.69, 9.17) is 11.6 Å². The highest BCUT2D eigenvalue weighted by atomic mass is 35.5. The molecule has 0 saturated heterocycles. The Morgan fingerprint density at radius 3 is 2.79 bits per heavy atom. The molecule has 3 rings (SSSR count). The molecule has 2 amide bonds. The van der Waals surface area contributed by atoms with Crippen LogP contribution in [0.15, 0.2) is 42.6 Å². The first kappa shape index (κ1) is 11.7. The number of para-hydroxylation sites is 2. The Morgan fingerprint density at radius 2 is 2.00 bits per heavy atom. The van der Waals surface area contributed by atoms with Crippen LogP contribution in [0.4, 0.5) is 22.0 Å². The van der Waals surface area contributed by atoms with Gasteiger partial charge in [0.1, 0.15) is 0 Å². The lowest BCUT2D eigenvalue weighted by atomic mass is 10.2. The Kier molecular flexibility index (Phi) is 2.68. The molecular formula is C13H8ClN3O2. The fourth-order valence-corrected chi connectivity index (χ4v) is 2.18. The SMILES string of the molecule is O=C1Nc2ccccc2N(C(=O)Cl)c2ncccc21. The highest BCUT2D eigenvalue weighted by Gasteiger charge is 2.29. The first-order valence-corrected chi connectivity index (χ1v) is 5.91. The maximum atomic E-state index is 12.1. The normalized spacial score (nSPS) is 13.1. The van der Waals surface area contributed by atoms with Crippen molar-refractivity contribution in [3.63, 3.8) is 0 Å². The fraction of sp³-hybridized carbons (Fsp3) is 0. The Morgan fingerprint density at radius 1 is 1.21 bits per heavy atom. The summed E-state index contributed by atoms with van der Waals surface area (Å²) in [6.07, 6.45) is 1.51. The van der Waals surface area contributed by atoms with E-state index >= 15 is 0 Å². The molecule has 0 saturated carbocycles. The minimum Gasteiger partial charge on any atom is -0.320 e. The van der Waals surface area contributed by atoms with Crippen LogP contribution in [0.1, 0.15) is 10.4 Å². The van der Waals surface area contributed by atoms with E-state index in [0.717, 1.165) is 0 Å². The first-order valence-electron chi connectivity index (χ1n) is 5.53. The second-order valence-electron chi connectivity index (χ2n) is 3.93. The molecule has 2 aromatic rings. The molecular weight excluding hydrogens is 266 g/mol. The van der Waals surface area contributed by atoms with Gasteiger partial charge in [0.15, 0.2) is 5.82 Å². The number of rotatable bonds is 0. The van der Waals surface area contributed by atoms with Crippen molar-refractivity contribution < 1.29 is 9.59 Å². The van der Waals surface area contributed by atoms with Gasteiger partial charge in [-0.15, -0.1) is 0 Å². The van der Waals surface area contributed by atoms with Gasteiger partial charge in [-0.1, -0.05) is 12.1 Å². The van der Waals surface area contributed by atoms with E-state index in [-0.39, 0.29) is 11.7 Å². The number of hydrogen-bond acceptors (Lipinski definition) is 3. The second-order valence-corrected chi connectivity index (χ2v) is 4.26. The molecule has 1 aromatic heterocycles. The van der Waals surface area contributed by atoms with Crippen LogP contribution in [0, 0.1) is 0 Å². The molecule has 6 heteroatoms. The third-order valence-electron chi connectivity index (χ3n) is 2.81. The van der Waals surface area contributed by atoms with Crippen LogP contribution in [-0.4, -0.2) is 16.3 Å². The van der Waals surface area contributed by atoms with Gasteiger partial charge in [0.25, 0.3) is 5.91 Å². The van der Waals surface area contributed by atoms with E-state index < -0.39 is 5.37 Å². The predicted octanol–water partition coefficient (Wildman–Crippen LogP) is 3.14. The van der Waals surface area contributed by atoms with Crippen LogP contribution < -0.4 is 10.2 Å². The number of nitrogens with zero attached hydrogens (tertiary/aromatic N) is 2. The molecule has 1 aromatic carbocycles. The number of pyridine rings is 1. The van der Waals surface area contributed by atoms with E-state index in [9.17, 15) is 9.59 Å². The summed E-state index contributed by atoms with van der Waals surface area (Å²) in [4.78, 5) is 29.1. The standard InChI is InChI=1S/C13H8ClN3O2/c14-13(19)17-10-6-2-1-5-9(10)16-12(18)8-4-3-7-15-11(8)17/h1-7H,(H,16,18). The molecule has 1 aliphatic rings. The molecule has 5 nitrogen and oxygen atoms in total.